The molecule has 0 bridgehead atoms. The van der Waals surface area contributed by atoms with Gasteiger partial charge in [-0.15, -0.1) is 21.5 Å². The normalized spacial score (nSPS) is 18.9. The first-order valence-electron chi connectivity index (χ1n) is 16.6. The van der Waals surface area contributed by atoms with Crippen LogP contribution in [0.25, 0.3) is 5.00 Å². The predicted molar refractivity (Wildman–Crippen MR) is 186 cm³/mol. The number of benzene rings is 1. The summed E-state index contributed by atoms with van der Waals surface area (Å²) in [6.07, 6.45) is 5.24. The number of rotatable bonds is 3. The van der Waals surface area contributed by atoms with Gasteiger partial charge in [0, 0.05) is 47.9 Å². The van der Waals surface area contributed by atoms with Crippen molar-refractivity contribution in [2.24, 2.45) is 11.3 Å². The molecule has 0 radical (unpaired) electrons. The molecule has 1 saturated carbocycles. The van der Waals surface area contributed by atoms with E-state index in [9.17, 15) is 4.79 Å². The van der Waals surface area contributed by atoms with Crippen molar-refractivity contribution in [3.63, 3.8) is 0 Å². The van der Waals surface area contributed by atoms with Crippen LogP contribution in [0, 0.1) is 61.6 Å². The van der Waals surface area contributed by atoms with Crippen LogP contribution < -0.4 is 5.32 Å². The third-order valence-corrected chi connectivity index (χ3v) is 10.3. The van der Waals surface area contributed by atoms with E-state index in [-0.39, 0.29) is 35.3 Å². The molecule has 1 spiro atoms. The summed E-state index contributed by atoms with van der Waals surface area (Å²) in [5.74, 6) is 8.41. The summed E-state index contributed by atoms with van der Waals surface area (Å²) in [5, 5.41) is 20.2. The van der Waals surface area contributed by atoms with Crippen molar-refractivity contribution in [2.45, 2.75) is 92.3 Å². The maximum absolute atomic E-state index is 15.7. The number of oxazole rings is 1. The summed E-state index contributed by atoms with van der Waals surface area (Å²) in [7, 11) is 0. The lowest BCUT2D eigenvalue weighted by molar-refractivity contribution is -0.0832. The van der Waals surface area contributed by atoms with Gasteiger partial charge in [-0.25, -0.2) is 19.4 Å². The molecular formula is C37H44FN7O3S. The number of hydrogen-bond acceptors (Lipinski definition) is 9. The Bertz CT molecular complexity index is 1880. The van der Waals surface area contributed by atoms with E-state index in [0.29, 0.717) is 31.0 Å². The molecule has 10 nitrogen and oxygen atoms in total. The Kier molecular flexibility index (Phi) is 10.3. The van der Waals surface area contributed by atoms with Crippen LogP contribution in [0.5, 0.6) is 0 Å². The maximum atomic E-state index is 15.7. The molecule has 2 fully saturated rings. The number of aromatic nitrogens is 4. The number of amides is 1. The Hall–Kier alpha value is -4.52. The Morgan fingerprint density at radius 2 is 1.92 bits per heavy atom. The predicted octanol–water partition coefficient (Wildman–Crippen LogP) is 7.52. The van der Waals surface area contributed by atoms with Crippen molar-refractivity contribution in [3.8, 4) is 23.4 Å². The van der Waals surface area contributed by atoms with Crippen molar-refractivity contribution < 1.29 is 18.3 Å². The molecule has 3 aromatic heterocycles. The maximum Gasteiger partial charge on any atom is 0.410 e. The number of carbonyl (C=O) groups excluding carboxylic acids is 1. The molecule has 1 aromatic carbocycles. The Labute approximate surface area is 291 Å². The van der Waals surface area contributed by atoms with Crippen LogP contribution >= 0.6 is 11.3 Å². The van der Waals surface area contributed by atoms with Crippen LogP contribution in [-0.4, -0.2) is 49.4 Å². The van der Waals surface area contributed by atoms with Crippen LogP contribution in [0.3, 0.4) is 0 Å². The van der Waals surface area contributed by atoms with E-state index >= 15 is 4.39 Å². The zero-order chi connectivity index (χ0) is 35.7. The largest absolute Gasteiger partial charge is 0.449 e. The fourth-order valence-electron chi connectivity index (χ4n) is 6.85. The highest BCUT2D eigenvalue weighted by Crippen LogP contribution is 2.52. The van der Waals surface area contributed by atoms with Crippen LogP contribution in [0.2, 0.25) is 0 Å². The average Bonchev–Trinajstić information content (AvgIpc) is 3.73. The number of nitriles is 1. The Morgan fingerprint density at radius 3 is 2.55 bits per heavy atom. The minimum atomic E-state index is -0.498. The summed E-state index contributed by atoms with van der Waals surface area (Å²) in [5.41, 5.74) is 3.08. The minimum absolute atomic E-state index is 0.126. The van der Waals surface area contributed by atoms with Crippen LogP contribution in [0.4, 0.5) is 9.18 Å². The van der Waals surface area contributed by atoms with Gasteiger partial charge in [0.25, 0.3) is 0 Å². The van der Waals surface area contributed by atoms with Gasteiger partial charge in [0.2, 0.25) is 0 Å². The topological polar surface area (TPSA) is 122 Å². The molecule has 258 valence electrons. The first-order valence-corrected chi connectivity index (χ1v) is 17.4. The lowest BCUT2D eigenvalue weighted by Gasteiger charge is -2.57. The molecule has 5 heterocycles. The number of aryl methyl sites for hydroxylation is 2. The molecule has 2 aliphatic heterocycles. The first kappa shape index (κ1) is 35.8. The molecule has 7 rings (SSSR count). The van der Waals surface area contributed by atoms with E-state index in [1.54, 1.807) is 40.8 Å². The van der Waals surface area contributed by atoms with E-state index in [1.807, 2.05) is 47.6 Å². The van der Waals surface area contributed by atoms with E-state index in [4.69, 9.17) is 14.4 Å². The smallest absolute Gasteiger partial charge is 0.410 e. The third kappa shape index (κ3) is 7.12. The van der Waals surface area contributed by atoms with Crippen molar-refractivity contribution in [3.05, 3.63) is 81.1 Å². The highest BCUT2D eigenvalue weighted by Gasteiger charge is 2.54. The molecule has 12 heteroatoms. The van der Waals surface area contributed by atoms with E-state index in [2.05, 4.69) is 57.3 Å². The Balaban J connectivity index is 0.00000113. The summed E-state index contributed by atoms with van der Waals surface area (Å²) in [6, 6.07) is 4.80. The molecule has 4 aromatic rings. The van der Waals surface area contributed by atoms with Gasteiger partial charge in [0.05, 0.1) is 23.8 Å². The van der Waals surface area contributed by atoms with Gasteiger partial charge >= 0.3 is 6.09 Å². The standard InChI is InChI=1S/C34H37FN6O3S.C2H6.CHN/c1-19-20(2)45-31-28(19)29(37-26(14-27-36-11-12-43-27)30-39-38-21(3)41(30)31)24-10-9-23(25(35)13-24)8-7-22-15-34(16-22)17-40(18-34)32(42)44-33(4,5)6;2*1-2/h9-13,22,26,29,37H,14-18H2,1-6H3;1-2H3;1H. The number of nitrogens with one attached hydrogen (secondary N) is 1. The lowest BCUT2D eigenvalue weighted by atomic mass is 9.58. The zero-order valence-corrected chi connectivity index (χ0v) is 30.2. The van der Waals surface area contributed by atoms with Gasteiger partial charge in [-0.2, -0.15) is 0 Å². The van der Waals surface area contributed by atoms with Gasteiger partial charge in [-0.05, 0) is 77.6 Å². The molecule has 2 unspecified atom stereocenters. The number of likely N-dealkylation sites (tertiary alicyclic amines) is 1. The number of ether oxygens (including phenoxy) is 1. The summed E-state index contributed by atoms with van der Waals surface area (Å²) >= 11 is 1.70. The molecule has 1 aliphatic carbocycles. The summed E-state index contributed by atoms with van der Waals surface area (Å²) < 4.78 is 28.9. The molecular weight excluding hydrogens is 642 g/mol. The molecule has 1 amide bonds. The third-order valence-electron chi connectivity index (χ3n) is 9.10. The minimum Gasteiger partial charge on any atom is -0.449 e. The van der Waals surface area contributed by atoms with Gasteiger partial charge in [0.15, 0.2) is 11.7 Å². The molecule has 49 heavy (non-hydrogen) atoms. The van der Waals surface area contributed by atoms with Gasteiger partial charge in [-0.1, -0.05) is 31.8 Å². The van der Waals surface area contributed by atoms with Gasteiger partial charge in [-0.3, -0.25) is 9.88 Å². The molecule has 2 atom stereocenters. The van der Waals surface area contributed by atoms with Crippen molar-refractivity contribution in [1.82, 2.24) is 30.0 Å². The van der Waals surface area contributed by atoms with Crippen molar-refractivity contribution >= 4 is 17.4 Å². The second-order valence-corrected chi connectivity index (χ2v) is 14.9. The van der Waals surface area contributed by atoms with Crippen LogP contribution in [-0.2, 0) is 11.2 Å². The summed E-state index contributed by atoms with van der Waals surface area (Å²) in [6.45, 7) is 20.7. The number of carbonyl (C=O) groups is 1. The zero-order valence-electron chi connectivity index (χ0n) is 29.4. The fourth-order valence-corrected chi connectivity index (χ4v) is 8.10. The van der Waals surface area contributed by atoms with Gasteiger partial charge < -0.3 is 14.1 Å². The SMILES string of the molecule is C#N.CC.Cc1sc2c(c1C)C(c1ccc(C#CC3CC4(C3)CN(C(=O)OC(C)(C)C)C4)c(F)c1)NC(Cc1ncco1)c1nnc(C)n1-2. The fraction of sp³-hybridized carbons (Fsp3) is 0.486. The van der Waals surface area contributed by atoms with Crippen LogP contribution in [0.1, 0.15) is 104 Å². The van der Waals surface area contributed by atoms with E-state index in [0.717, 1.165) is 46.2 Å². The quantitative estimate of drug-likeness (QED) is 0.220. The molecule has 1 N–H and O–H groups in total. The van der Waals surface area contributed by atoms with Crippen molar-refractivity contribution in [2.75, 3.05) is 13.1 Å². The monoisotopic (exact) mass is 685 g/mol. The number of hydrogen-bond donors (Lipinski definition) is 1. The van der Waals surface area contributed by atoms with E-state index in [1.165, 1.54) is 4.88 Å². The molecule has 1 saturated heterocycles. The first-order chi connectivity index (χ1) is 23.4. The van der Waals surface area contributed by atoms with Gasteiger partial charge in [0.1, 0.15) is 28.5 Å². The lowest BCUT2D eigenvalue weighted by Crippen LogP contribution is -2.64. The van der Waals surface area contributed by atoms with Crippen molar-refractivity contribution in [1.29, 1.82) is 5.26 Å². The number of nitrogens with zero attached hydrogens (tertiary/aromatic N) is 6. The molecule has 3 aliphatic rings. The highest BCUT2D eigenvalue weighted by molar-refractivity contribution is 7.14. The average molecular weight is 686 g/mol. The Morgan fingerprint density at radius 1 is 1.20 bits per heavy atom. The highest BCUT2D eigenvalue weighted by atomic mass is 32.1. The second kappa shape index (κ2) is 14.1. The van der Waals surface area contributed by atoms with Crippen LogP contribution in [0.15, 0.2) is 35.1 Å². The van der Waals surface area contributed by atoms with E-state index < -0.39 is 5.60 Å². The number of halogens is 1. The second-order valence-electron chi connectivity index (χ2n) is 13.7. The summed E-state index contributed by atoms with van der Waals surface area (Å²) in [4.78, 5) is 19.6. The number of fused-ring (bicyclic) bond motifs is 3. The number of thiophene rings is 1.